The summed E-state index contributed by atoms with van der Waals surface area (Å²) in [7, 11) is 1.62. The number of hydrogen-bond acceptors (Lipinski definition) is 6. The zero-order valence-corrected chi connectivity index (χ0v) is 14.7. The predicted octanol–water partition coefficient (Wildman–Crippen LogP) is 2.24. The summed E-state index contributed by atoms with van der Waals surface area (Å²) in [6.45, 7) is 3.21. The predicted molar refractivity (Wildman–Crippen MR) is 92.2 cm³/mol. The standard InChI is InChI=1S/C16H22N4O3S/c1-3-4-9-20-15(18-19-16(20)24-11-14(17)21)10-23-13-7-5-12(22-2)6-8-13/h5-8H,3-4,9-11H2,1-2H3,(H2,17,21). The zero-order valence-electron chi connectivity index (χ0n) is 13.9. The number of benzene rings is 1. The molecule has 2 N–H and O–H groups in total. The van der Waals surface area contributed by atoms with Gasteiger partial charge in [0.2, 0.25) is 5.91 Å². The number of nitrogens with zero attached hydrogens (tertiary/aromatic N) is 3. The molecule has 1 amide bonds. The number of ether oxygens (including phenoxy) is 2. The summed E-state index contributed by atoms with van der Waals surface area (Å²) >= 11 is 1.30. The fraction of sp³-hybridized carbons (Fsp3) is 0.438. The Morgan fingerprint density at radius 2 is 1.96 bits per heavy atom. The highest BCUT2D eigenvalue weighted by Crippen LogP contribution is 2.20. The van der Waals surface area contributed by atoms with Gasteiger partial charge in [0, 0.05) is 6.54 Å². The van der Waals surface area contributed by atoms with Gasteiger partial charge in [-0.05, 0) is 30.7 Å². The van der Waals surface area contributed by atoms with Crippen molar-refractivity contribution in [2.24, 2.45) is 5.73 Å². The lowest BCUT2D eigenvalue weighted by Crippen LogP contribution is -2.14. The zero-order chi connectivity index (χ0) is 17.4. The van der Waals surface area contributed by atoms with E-state index in [0.29, 0.717) is 11.8 Å². The molecular weight excluding hydrogens is 328 g/mol. The Kier molecular flexibility index (Phi) is 6.92. The van der Waals surface area contributed by atoms with E-state index in [1.807, 2.05) is 28.8 Å². The molecule has 0 radical (unpaired) electrons. The van der Waals surface area contributed by atoms with Crippen LogP contribution in [0.5, 0.6) is 11.5 Å². The van der Waals surface area contributed by atoms with Gasteiger partial charge < -0.3 is 19.8 Å². The van der Waals surface area contributed by atoms with Crippen molar-refractivity contribution in [3.05, 3.63) is 30.1 Å². The van der Waals surface area contributed by atoms with Gasteiger partial charge in [-0.15, -0.1) is 10.2 Å². The maximum atomic E-state index is 11.0. The summed E-state index contributed by atoms with van der Waals surface area (Å²) in [5.41, 5.74) is 5.20. The van der Waals surface area contributed by atoms with E-state index in [9.17, 15) is 4.79 Å². The first-order valence-electron chi connectivity index (χ1n) is 7.74. The Balaban J connectivity index is 2.05. The van der Waals surface area contributed by atoms with Crippen LogP contribution in [0.3, 0.4) is 0 Å². The van der Waals surface area contributed by atoms with Gasteiger partial charge in [0.25, 0.3) is 0 Å². The van der Waals surface area contributed by atoms with E-state index >= 15 is 0 Å². The molecule has 0 fully saturated rings. The molecular formula is C16H22N4O3S. The van der Waals surface area contributed by atoms with Crippen LogP contribution in [0.1, 0.15) is 25.6 Å². The Labute approximate surface area is 145 Å². The van der Waals surface area contributed by atoms with E-state index in [0.717, 1.165) is 36.7 Å². The molecule has 2 aromatic rings. The van der Waals surface area contributed by atoms with Crippen LogP contribution in [0.4, 0.5) is 0 Å². The number of aromatic nitrogens is 3. The molecule has 1 aromatic heterocycles. The monoisotopic (exact) mass is 350 g/mol. The number of unbranched alkanes of at least 4 members (excludes halogenated alkanes) is 1. The average molecular weight is 350 g/mol. The molecule has 1 aromatic carbocycles. The summed E-state index contributed by atoms with van der Waals surface area (Å²) in [5, 5.41) is 9.03. The minimum absolute atomic E-state index is 0.184. The molecule has 7 nitrogen and oxygen atoms in total. The number of primary amides is 1. The van der Waals surface area contributed by atoms with Crippen LogP contribution < -0.4 is 15.2 Å². The first-order chi connectivity index (χ1) is 11.6. The second-order valence-corrected chi connectivity index (χ2v) is 6.07. The van der Waals surface area contributed by atoms with E-state index < -0.39 is 0 Å². The summed E-state index contributed by atoms with van der Waals surface area (Å²) in [5.74, 6) is 2.04. The molecule has 130 valence electrons. The number of carbonyl (C=O) groups excluding carboxylic acids is 1. The van der Waals surface area contributed by atoms with Gasteiger partial charge in [0.05, 0.1) is 12.9 Å². The summed E-state index contributed by atoms with van der Waals surface area (Å²) in [6, 6.07) is 7.36. The van der Waals surface area contributed by atoms with E-state index in [1.165, 1.54) is 11.8 Å². The van der Waals surface area contributed by atoms with E-state index in [4.69, 9.17) is 15.2 Å². The molecule has 1 heterocycles. The molecule has 0 aliphatic heterocycles. The Bertz CT molecular complexity index is 658. The maximum absolute atomic E-state index is 11.0. The SMILES string of the molecule is CCCCn1c(COc2ccc(OC)cc2)nnc1SCC(N)=O. The van der Waals surface area contributed by atoms with Crippen LogP contribution >= 0.6 is 11.8 Å². The fourth-order valence-electron chi connectivity index (χ4n) is 2.03. The summed E-state index contributed by atoms with van der Waals surface area (Å²) in [6.07, 6.45) is 2.05. The first-order valence-corrected chi connectivity index (χ1v) is 8.72. The van der Waals surface area contributed by atoms with Crippen molar-refractivity contribution in [3.63, 3.8) is 0 Å². The van der Waals surface area contributed by atoms with Crippen LogP contribution in [0.15, 0.2) is 29.4 Å². The van der Waals surface area contributed by atoms with Crippen molar-refractivity contribution in [1.29, 1.82) is 0 Å². The Morgan fingerprint density at radius 3 is 2.58 bits per heavy atom. The molecule has 2 rings (SSSR count). The number of methoxy groups -OCH3 is 1. The van der Waals surface area contributed by atoms with Crippen molar-refractivity contribution in [1.82, 2.24) is 14.8 Å². The molecule has 0 bridgehead atoms. The lowest BCUT2D eigenvalue weighted by Gasteiger charge is -2.10. The van der Waals surface area contributed by atoms with E-state index in [1.54, 1.807) is 7.11 Å². The third kappa shape index (κ3) is 5.16. The second kappa shape index (κ2) is 9.17. The quantitative estimate of drug-likeness (QED) is 0.661. The molecule has 8 heteroatoms. The number of rotatable bonds is 10. The Morgan fingerprint density at radius 1 is 1.25 bits per heavy atom. The molecule has 0 atom stereocenters. The number of carbonyl (C=O) groups is 1. The van der Waals surface area contributed by atoms with Crippen LogP contribution in [-0.2, 0) is 17.9 Å². The van der Waals surface area contributed by atoms with Gasteiger partial charge in [-0.25, -0.2) is 0 Å². The van der Waals surface area contributed by atoms with Gasteiger partial charge in [-0.3, -0.25) is 4.79 Å². The van der Waals surface area contributed by atoms with Crippen molar-refractivity contribution in [2.75, 3.05) is 12.9 Å². The Hall–Kier alpha value is -2.22. The lowest BCUT2D eigenvalue weighted by molar-refractivity contribution is -0.115. The molecule has 0 saturated heterocycles. The summed E-state index contributed by atoms with van der Waals surface area (Å²) < 4.78 is 12.9. The second-order valence-electron chi connectivity index (χ2n) is 5.12. The topological polar surface area (TPSA) is 92.3 Å². The molecule has 0 aliphatic carbocycles. The molecule has 0 unspecified atom stereocenters. The van der Waals surface area contributed by atoms with Crippen molar-refractivity contribution >= 4 is 17.7 Å². The highest BCUT2D eigenvalue weighted by atomic mass is 32.2. The molecule has 0 spiro atoms. The van der Waals surface area contributed by atoms with Crippen molar-refractivity contribution in [3.8, 4) is 11.5 Å². The molecule has 0 saturated carbocycles. The molecule has 24 heavy (non-hydrogen) atoms. The smallest absolute Gasteiger partial charge is 0.227 e. The van der Waals surface area contributed by atoms with Gasteiger partial charge in [-0.2, -0.15) is 0 Å². The van der Waals surface area contributed by atoms with Crippen molar-refractivity contribution < 1.29 is 14.3 Å². The largest absolute Gasteiger partial charge is 0.497 e. The van der Waals surface area contributed by atoms with Crippen LogP contribution in [-0.4, -0.2) is 33.5 Å². The van der Waals surface area contributed by atoms with E-state index in [2.05, 4.69) is 17.1 Å². The van der Waals surface area contributed by atoms with Crippen LogP contribution in [0.2, 0.25) is 0 Å². The maximum Gasteiger partial charge on any atom is 0.227 e. The number of thioether (sulfide) groups is 1. The van der Waals surface area contributed by atoms with Gasteiger partial charge >= 0.3 is 0 Å². The summed E-state index contributed by atoms with van der Waals surface area (Å²) in [4.78, 5) is 11.0. The van der Waals surface area contributed by atoms with E-state index in [-0.39, 0.29) is 11.7 Å². The highest BCUT2D eigenvalue weighted by molar-refractivity contribution is 7.99. The van der Waals surface area contributed by atoms with Gasteiger partial charge in [0.15, 0.2) is 11.0 Å². The third-order valence-corrected chi connectivity index (χ3v) is 4.29. The molecule has 0 aliphatic rings. The minimum atomic E-state index is -0.374. The lowest BCUT2D eigenvalue weighted by atomic mass is 10.3. The minimum Gasteiger partial charge on any atom is -0.497 e. The number of amides is 1. The normalized spacial score (nSPS) is 10.6. The first kappa shape index (κ1) is 18.1. The average Bonchev–Trinajstić information content (AvgIpc) is 2.98. The van der Waals surface area contributed by atoms with Gasteiger partial charge in [-0.1, -0.05) is 25.1 Å². The van der Waals surface area contributed by atoms with Crippen LogP contribution in [0, 0.1) is 0 Å². The highest BCUT2D eigenvalue weighted by Gasteiger charge is 2.14. The fourth-order valence-corrected chi connectivity index (χ4v) is 2.75. The number of hydrogen-bond donors (Lipinski definition) is 1. The van der Waals surface area contributed by atoms with Crippen molar-refractivity contribution in [2.45, 2.75) is 38.1 Å². The number of nitrogens with two attached hydrogens (primary N) is 1. The third-order valence-electron chi connectivity index (χ3n) is 3.30. The van der Waals surface area contributed by atoms with Crippen LogP contribution in [0.25, 0.3) is 0 Å². The van der Waals surface area contributed by atoms with Gasteiger partial charge in [0.1, 0.15) is 18.1 Å².